The largest absolute Gasteiger partial charge is 0.488 e. The van der Waals surface area contributed by atoms with Gasteiger partial charge in [-0.1, -0.05) is 5.57 Å². The van der Waals surface area contributed by atoms with E-state index in [1.165, 1.54) is 6.07 Å². The summed E-state index contributed by atoms with van der Waals surface area (Å²) in [6, 6.07) is 6.55. The second kappa shape index (κ2) is 6.79. The molecule has 0 N–H and O–H groups in total. The van der Waals surface area contributed by atoms with Crippen LogP contribution in [0.15, 0.2) is 67.5 Å². The van der Waals surface area contributed by atoms with Gasteiger partial charge in [-0.05, 0) is 38.1 Å². The number of cyclic esters (lactones) is 1. The third-order valence-corrected chi connectivity index (χ3v) is 4.51. The Morgan fingerprint density at radius 1 is 1.19 bits per heavy atom. The monoisotopic (exact) mass is 366 g/mol. The lowest BCUT2D eigenvalue weighted by Crippen LogP contribution is -2.08. The van der Waals surface area contributed by atoms with E-state index in [1.54, 1.807) is 25.3 Å². The number of benzene rings is 1. The van der Waals surface area contributed by atoms with Gasteiger partial charge in [-0.3, -0.25) is 0 Å². The number of carbonyl (C=O) groups is 1. The van der Waals surface area contributed by atoms with Gasteiger partial charge < -0.3 is 18.3 Å². The molecule has 1 aliphatic heterocycles. The minimum Gasteiger partial charge on any atom is -0.488 e. The molecule has 138 valence electrons. The Balaban J connectivity index is 1.55. The lowest BCUT2D eigenvalue weighted by Gasteiger charge is -2.10. The van der Waals surface area contributed by atoms with Gasteiger partial charge in [0.25, 0.3) is 0 Å². The number of esters is 1. The molecule has 0 unspecified atom stereocenters. The molecule has 0 saturated carbocycles. The molecule has 0 aliphatic carbocycles. The number of hydrogen-bond donors (Lipinski definition) is 0. The van der Waals surface area contributed by atoms with E-state index in [2.05, 4.69) is 0 Å². The minimum absolute atomic E-state index is 0.221. The molecule has 6 heteroatoms. The summed E-state index contributed by atoms with van der Waals surface area (Å²) < 4.78 is 21.9. The van der Waals surface area contributed by atoms with Crippen LogP contribution in [0, 0.1) is 0 Å². The van der Waals surface area contributed by atoms with Crippen molar-refractivity contribution < 1.29 is 23.1 Å². The van der Waals surface area contributed by atoms with Crippen molar-refractivity contribution in [3.8, 4) is 5.75 Å². The molecule has 0 amide bonds. The van der Waals surface area contributed by atoms with Crippen molar-refractivity contribution in [1.29, 1.82) is 0 Å². The molecular formula is C21H18O6. The number of carbonyl (C=O) groups excluding carboxylic acids is 1. The normalized spacial score (nSPS) is 17.4. The second-order valence-electron chi connectivity index (χ2n) is 6.56. The Labute approximate surface area is 154 Å². The van der Waals surface area contributed by atoms with Crippen molar-refractivity contribution >= 4 is 27.9 Å². The Kier molecular flexibility index (Phi) is 4.32. The Morgan fingerprint density at radius 3 is 2.78 bits per heavy atom. The molecule has 1 atom stereocenters. The summed E-state index contributed by atoms with van der Waals surface area (Å²) in [5.74, 6) is 0.343. The van der Waals surface area contributed by atoms with Crippen LogP contribution in [-0.4, -0.2) is 18.7 Å². The van der Waals surface area contributed by atoms with Crippen molar-refractivity contribution in [2.45, 2.75) is 26.4 Å². The molecule has 6 nitrogen and oxygen atoms in total. The van der Waals surface area contributed by atoms with Crippen molar-refractivity contribution in [3.63, 3.8) is 0 Å². The van der Waals surface area contributed by atoms with E-state index in [0.29, 0.717) is 40.9 Å². The zero-order valence-electron chi connectivity index (χ0n) is 15.0. The van der Waals surface area contributed by atoms with Gasteiger partial charge in [-0.25, -0.2) is 9.59 Å². The van der Waals surface area contributed by atoms with Crippen molar-refractivity contribution in [2.24, 2.45) is 0 Å². The van der Waals surface area contributed by atoms with Crippen LogP contribution in [0.5, 0.6) is 5.75 Å². The number of hydrogen-bond acceptors (Lipinski definition) is 6. The zero-order chi connectivity index (χ0) is 19.0. The summed E-state index contributed by atoms with van der Waals surface area (Å²) in [6.07, 6.45) is 5.75. The Bertz CT molecular complexity index is 1140. The van der Waals surface area contributed by atoms with E-state index in [1.807, 2.05) is 25.1 Å². The lowest BCUT2D eigenvalue weighted by atomic mass is 10.1. The Hall–Kier alpha value is -3.28. The lowest BCUT2D eigenvalue weighted by molar-refractivity contribution is -0.139. The molecule has 3 aromatic rings. The molecule has 0 radical (unpaired) electrons. The topological polar surface area (TPSA) is 78.9 Å². The van der Waals surface area contributed by atoms with E-state index < -0.39 is 5.63 Å². The number of furan rings is 1. The SMILES string of the molecule is CC1=C[C@@H](C/C(C)=C/COc2c3ccoc3cc3oc(=O)ccc23)OC1=O. The molecule has 1 aliphatic rings. The van der Waals surface area contributed by atoms with Crippen molar-refractivity contribution in [3.05, 3.63) is 64.2 Å². The highest BCUT2D eigenvalue weighted by Crippen LogP contribution is 2.35. The van der Waals surface area contributed by atoms with E-state index >= 15 is 0 Å². The van der Waals surface area contributed by atoms with Crippen molar-refractivity contribution in [2.75, 3.05) is 6.61 Å². The first-order chi connectivity index (χ1) is 13.0. The highest BCUT2D eigenvalue weighted by Gasteiger charge is 2.22. The molecular weight excluding hydrogens is 348 g/mol. The van der Waals surface area contributed by atoms with E-state index in [-0.39, 0.29) is 12.1 Å². The molecule has 0 bridgehead atoms. The smallest absolute Gasteiger partial charge is 0.336 e. The summed E-state index contributed by atoms with van der Waals surface area (Å²) in [4.78, 5) is 22.9. The molecule has 2 aromatic heterocycles. The maximum atomic E-state index is 11.5. The van der Waals surface area contributed by atoms with Gasteiger partial charge in [-0.2, -0.15) is 0 Å². The van der Waals surface area contributed by atoms with Gasteiger partial charge in [-0.15, -0.1) is 0 Å². The van der Waals surface area contributed by atoms with Gasteiger partial charge >= 0.3 is 11.6 Å². The molecule has 0 fully saturated rings. The number of fused-ring (bicyclic) bond motifs is 2. The summed E-state index contributed by atoms with van der Waals surface area (Å²) in [7, 11) is 0. The fourth-order valence-electron chi connectivity index (χ4n) is 3.15. The standard InChI is InChI=1S/C21H18O6/c1-12(9-14-10-13(2)21(23)26-14)5-7-25-20-15-3-4-19(22)27-18(15)11-17-16(20)6-8-24-17/h3-6,8,10-11,14H,7,9H2,1-2H3/b12-5+/t14-/m1/s1. The van der Waals surface area contributed by atoms with Gasteiger partial charge in [0.1, 0.15) is 29.6 Å². The van der Waals surface area contributed by atoms with Crippen LogP contribution in [0.25, 0.3) is 21.9 Å². The van der Waals surface area contributed by atoms with E-state index in [9.17, 15) is 9.59 Å². The van der Waals surface area contributed by atoms with E-state index in [0.717, 1.165) is 11.0 Å². The fraction of sp³-hybridized carbons (Fsp3) is 0.238. The highest BCUT2D eigenvalue weighted by atomic mass is 16.5. The molecule has 1 aromatic carbocycles. The van der Waals surface area contributed by atoms with Crippen LogP contribution < -0.4 is 10.4 Å². The average Bonchev–Trinajstić information content (AvgIpc) is 3.20. The fourth-order valence-corrected chi connectivity index (χ4v) is 3.15. The first-order valence-corrected chi connectivity index (χ1v) is 8.63. The van der Waals surface area contributed by atoms with Crippen LogP contribution in [0.2, 0.25) is 0 Å². The molecule has 27 heavy (non-hydrogen) atoms. The van der Waals surface area contributed by atoms with Crippen LogP contribution in [0.3, 0.4) is 0 Å². The van der Waals surface area contributed by atoms with Crippen LogP contribution >= 0.6 is 0 Å². The second-order valence-corrected chi connectivity index (χ2v) is 6.56. The maximum Gasteiger partial charge on any atom is 0.336 e. The molecule has 0 spiro atoms. The zero-order valence-corrected chi connectivity index (χ0v) is 15.0. The van der Waals surface area contributed by atoms with Crippen LogP contribution in [-0.2, 0) is 9.53 Å². The highest BCUT2D eigenvalue weighted by molar-refractivity contribution is 6.01. The number of rotatable bonds is 5. The summed E-state index contributed by atoms with van der Waals surface area (Å²) in [5, 5.41) is 1.52. The first kappa shape index (κ1) is 17.1. The molecule has 3 heterocycles. The van der Waals surface area contributed by atoms with Gasteiger partial charge in [0, 0.05) is 24.1 Å². The summed E-state index contributed by atoms with van der Waals surface area (Å²) in [6.45, 7) is 4.04. The van der Waals surface area contributed by atoms with Crippen LogP contribution in [0.4, 0.5) is 0 Å². The third kappa shape index (κ3) is 3.38. The van der Waals surface area contributed by atoms with Gasteiger partial charge in [0.15, 0.2) is 0 Å². The summed E-state index contributed by atoms with van der Waals surface area (Å²) >= 11 is 0. The molecule has 0 saturated heterocycles. The predicted molar refractivity (Wildman–Crippen MR) is 99.8 cm³/mol. The summed E-state index contributed by atoms with van der Waals surface area (Å²) in [5.41, 5.74) is 2.27. The molecule has 4 rings (SSSR count). The third-order valence-electron chi connectivity index (χ3n) is 4.51. The average molecular weight is 366 g/mol. The first-order valence-electron chi connectivity index (χ1n) is 8.63. The number of ether oxygens (including phenoxy) is 2. The van der Waals surface area contributed by atoms with Gasteiger partial charge in [0.2, 0.25) is 0 Å². The van der Waals surface area contributed by atoms with Crippen LogP contribution in [0.1, 0.15) is 20.3 Å². The minimum atomic E-state index is -0.426. The maximum absolute atomic E-state index is 11.5. The van der Waals surface area contributed by atoms with Gasteiger partial charge in [0.05, 0.1) is 17.0 Å². The quantitative estimate of drug-likeness (QED) is 0.384. The predicted octanol–water partition coefficient (Wildman–Crippen LogP) is 4.13. The Morgan fingerprint density at radius 2 is 2.00 bits per heavy atom. The van der Waals surface area contributed by atoms with E-state index in [4.69, 9.17) is 18.3 Å². The van der Waals surface area contributed by atoms with Crippen molar-refractivity contribution in [1.82, 2.24) is 0 Å².